The average Bonchev–Trinajstić information content (AvgIpc) is 2.80. The van der Waals surface area contributed by atoms with Gasteiger partial charge in [0, 0.05) is 43.8 Å². The molecule has 2 aromatic heterocycles. The van der Waals surface area contributed by atoms with Crippen molar-refractivity contribution in [3.63, 3.8) is 0 Å². The molecule has 0 atom stereocenters. The van der Waals surface area contributed by atoms with E-state index in [0.29, 0.717) is 35.6 Å². The Morgan fingerprint density at radius 2 is 1.96 bits per heavy atom. The van der Waals surface area contributed by atoms with E-state index in [1.807, 2.05) is 13.0 Å². The zero-order chi connectivity index (χ0) is 17.0. The monoisotopic (exact) mass is 314 g/mol. The smallest absolute Gasteiger partial charge is 0.253 e. The second-order valence-electron chi connectivity index (χ2n) is 5.55. The summed E-state index contributed by atoms with van der Waals surface area (Å²) in [6, 6.07) is 1.90. The lowest BCUT2D eigenvalue weighted by molar-refractivity contribution is 0.0954. The number of nitrogens with zero attached hydrogens (tertiary/aromatic N) is 1. The fourth-order valence-electron chi connectivity index (χ4n) is 2.58. The van der Waals surface area contributed by atoms with Crippen LogP contribution in [0.4, 0.5) is 5.69 Å². The van der Waals surface area contributed by atoms with Gasteiger partial charge in [-0.2, -0.15) is 0 Å². The van der Waals surface area contributed by atoms with Gasteiger partial charge in [0.25, 0.3) is 5.91 Å². The van der Waals surface area contributed by atoms with E-state index in [1.165, 1.54) is 6.92 Å². The standard InChI is InChI=1S/C17H22N4O2/c1-10-9-18-6-5-14(10)19-7-8-20-17(23)15-11(2)16(13(4)22)21-12(15)3/h5-6,9,21H,7-8H2,1-4H3,(H,18,19)(H,20,23). The van der Waals surface area contributed by atoms with Crippen molar-refractivity contribution in [2.24, 2.45) is 0 Å². The van der Waals surface area contributed by atoms with Crippen LogP contribution in [0.2, 0.25) is 0 Å². The number of aromatic nitrogens is 2. The molecule has 0 unspecified atom stereocenters. The van der Waals surface area contributed by atoms with Gasteiger partial charge in [-0.1, -0.05) is 0 Å². The highest BCUT2D eigenvalue weighted by molar-refractivity contribution is 6.02. The summed E-state index contributed by atoms with van der Waals surface area (Å²) in [4.78, 5) is 30.9. The summed E-state index contributed by atoms with van der Waals surface area (Å²) in [5.74, 6) is -0.239. The molecule has 0 bridgehead atoms. The van der Waals surface area contributed by atoms with Crippen LogP contribution in [0.25, 0.3) is 0 Å². The van der Waals surface area contributed by atoms with Crippen LogP contribution in [0.1, 0.15) is 44.6 Å². The first kappa shape index (κ1) is 16.7. The minimum atomic E-state index is -0.169. The van der Waals surface area contributed by atoms with Crippen molar-refractivity contribution >= 4 is 17.4 Å². The van der Waals surface area contributed by atoms with E-state index in [1.54, 1.807) is 26.2 Å². The summed E-state index contributed by atoms with van der Waals surface area (Å²) in [5, 5.41) is 6.13. The lowest BCUT2D eigenvalue weighted by atomic mass is 10.1. The van der Waals surface area contributed by atoms with E-state index in [0.717, 1.165) is 11.3 Å². The van der Waals surface area contributed by atoms with E-state index >= 15 is 0 Å². The number of rotatable bonds is 6. The van der Waals surface area contributed by atoms with Crippen LogP contribution in [0.3, 0.4) is 0 Å². The Kier molecular flexibility index (Phi) is 5.16. The van der Waals surface area contributed by atoms with Crippen LogP contribution in [-0.2, 0) is 0 Å². The summed E-state index contributed by atoms with van der Waals surface area (Å²) in [6.07, 6.45) is 3.51. The lowest BCUT2D eigenvalue weighted by Gasteiger charge is -2.10. The molecule has 0 saturated carbocycles. The van der Waals surface area contributed by atoms with E-state index in [2.05, 4.69) is 20.6 Å². The van der Waals surface area contributed by atoms with E-state index in [4.69, 9.17) is 0 Å². The summed E-state index contributed by atoms with van der Waals surface area (Å²) in [7, 11) is 0. The SMILES string of the molecule is CC(=O)c1[nH]c(C)c(C(=O)NCCNc2ccncc2C)c1C. The molecule has 0 aliphatic rings. The molecule has 0 aromatic carbocycles. The molecule has 2 aromatic rings. The van der Waals surface area contributed by atoms with Crippen LogP contribution < -0.4 is 10.6 Å². The first-order chi connectivity index (χ1) is 10.9. The topological polar surface area (TPSA) is 86.9 Å². The van der Waals surface area contributed by atoms with Gasteiger partial charge in [0.2, 0.25) is 0 Å². The number of H-pyrrole nitrogens is 1. The number of nitrogens with one attached hydrogen (secondary N) is 3. The molecule has 3 N–H and O–H groups in total. The number of hydrogen-bond donors (Lipinski definition) is 3. The second kappa shape index (κ2) is 7.09. The molecule has 0 spiro atoms. The van der Waals surface area contributed by atoms with Crippen molar-refractivity contribution in [1.82, 2.24) is 15.3 Å². The Morgan fingerprint density at radius 3 is 2.57 bits per heavy atom. The van der Waals surface area contributed by atoms with Gasteiger partial charge in [-0.3, -0.25) is 14.6 Å². The summed E-state index contributed by atoms with van der Waals surface area (Å²) < 4.78 is 0. The molecular formula is C17H22N4O2. The van der Waals surface area contributed by atoms with Gasteiger partial charge in [0.15, 0.2) is 5.78 Å². The van der Waals surface area contributed by atoms with Crippen LogP contribution in [0.15, 0.2) is 18.5 Å². The van der Waals surface area contributed by atoms with Gasteiger partial charge in [0.1, 0.15) is 0 Å². The highest BCUT2D eigenvalue weighted by Gasteiger charge is 2.19. The second-order valence-corrected chi connectivity index (χ2v) is 5.55. The van der Waals surface area contributed by atoms with Crippen LogP contribution in [-0.4, -0.2) is 34.7 Å². The zero-order valence-corrected chi connectivity index (χ0v) is 13.9. The quantitative estimate of drug-likeness (QED) is 0.564. The molecule has 23 heavy (non-hydrogen) atoms. The molecule has 0 saturated heterocycles. The number of ketones is 1. The summed E-state index contributed by atoms with van der Waals surface area (Å²) in [6.45, 7) is 8.14. The van der Waals surface area contributed by atoms with Gasteiger partial charge >= 0.3 is 0 Å². The maximum Gasteiger partial charge on any atom is 0.253 e. The molecular weight excluding hydrogens is 292 g/mol. The summed E-state index contributed by atoms with van der Waals surface area (Å²) >= 11 is 0. The number of carbonyl (C=O) groups is 2. The third-order valence-corrected chi connectivity index (χ3v) is 3.76. The molecule has 0 radical (unpaired) electrons. The Labute approximate surface area is 135 Å². The normalized spacial score (nSPS) is 10.4. The molecule has 6 nitrogen and oxygen atoms in total. The van der Waals surface area contributed by atoms with Crippen LogP contribution in [0, 0.1) is 20.8 Å². The Balaban J connectivity index is 1.93. The van der Waals surface area contributed by atoms with Crippen molar-refractivity contribution in [3.8, 4) is 0 Å². The highest BCUT2D eigenvalue weighted by atomic mass is 16.1. The van der Waals surface area contributed by atoms with Gasteiger partial charge < -0.3 is 15.6 Å². The molecule has 2 heterocycles. The Hall–Kier alpha value is -2.63. The molecule has 122 valence electrons. The van der Waals surface area contributed by atoms with E-state index < -0.39 is 0 Å². The first-order valence-electron chi connectivity index (χ1n) is 7.54. The third kappa shape index (κ3) is 3.77. The van der Waals surface area contributed by atoms with Gasteiger partial charge in [-0.05, 0) is 38.0 Å². The van der Waals surface area contributed by atoms with Crippen molar-refractivity contribution in [3.05, 3.63) is 46.5 Å². The van der Waals surface area contributed by atoms with E-state index in [-0.39, 0.29) is 11.7 Å². The van der Waals surface area contributed by atoms with Crippen molar-refractivity contribution in [1.29, 1.82) is 0 Å². The molecule has 2 rings (SSSR count). The Bertz CT molecular complexity index is 734. The fourth-order valence-corrected chi connectivity index (χ4v) is 2.58. The predicted molar refractivity (Wildman–Crippen MR) is 90.1 cm³/mol. The van der Waals surface area contributed by atoms with Crippen molar-refractivity contribution in [2.75, 3.05) is 18.4 Å². The van der Waals surface area contributed by atoms with Crippen LogP contribution >= 0.6 is 0 Å². The number of aryl methyl sites for hydroxylation is 2. The number of anilines is 1. The first-order valence-corrected chi connectivity index (χ1v) is 7.54. The van der Waals surface area contributed by atoms with Gasteiger partial charge in [0.05, 0.1) is 11.3 Å². The van der Waals surface area contributed by atoms with Crippen LogP contribution in [0.5, 0.6) is 0 Å². The predicted octanol–water partition coefficient (Wildman–Crippen LogP) is 2.38. The van der Waals surface area contributed by atoms with Gasteiger partial charge in [-0.15, -0.1) is 0 Å². The largest absolute Gasteiger partial charge is 0.383 e. The number of carbonyl (C=O) groups excluding carboxylic acids is 2. The van der Waals surface area contributed by atoms with E-state index in [9.17, 15) is 9.59 Å². The molecule has 0 fully saturated rings. The summed E-state index contributed by atoms with van der Waals surface area (Å²) in [5.41, 5.74) is 4.52. The van der Waals surface area contributed by atoms with Crippen molar-refractivity contribution in [2.45, 2.75) is 27.7 Å². The van der Waals surface area contributed by atoms with Gasteiger partial charge in [-0.25, -0.2) is 0 Å². The maximum atomic E-state index is 12.3. The molecule has 0 aliphatic heterocycles. The number of hydrogen-bond acceptors (Lipinski definition) is 4. The fraction of sp³-hybridized carbons (Fsp3) is 0.353. The minimum absolute atomic E-state index is 0.0699. The number of aromatic amines is 1. The van der Waals surface area contributed by atoms with Crippen molar-refractivity contribution < 1.29 is 9.59 Å². The molecule has 1 amide bonds. The molecule has 6 heteroatoms. The third-order valence-electron chi connectivity index (χ3n) is 3.76. The molecule has 0 aliphatic carbocycles. The highest BCUT2D eigenvalue weighted by Crippen LogP contribution is 2.18. The zero-order valence-electron chi connectivity index (χ0n) is 13.9. The number of Topliss-reactive ketones (excluding diaryl/α,β-unsaturated/α-hetero) is 1. The minimum Gasteiger partial charge on any atom is -0.383 e. The number of amides is 1. The Morgan fingerprint density at radius 1 is 1.22 bits per heavy atom. The maximum absolute atomic E-state index is 12.3. The lowest BCUT2D eigenvalue weighted by Crippen LogP contribution is -2.29. The number of pyridine rings is 1. The average molecular weight is 314 g/mol.